The zero-order valence-corrected chi connectivity index (χ0v) is 35.3. The molecule has 0 aromatic heterocycles. The van der Waals surface area contributed by atoms with E-state index in [1.807, 2.05) is 0 Å². The maximum Gasteiger partial charge on any atom is 0.157 e. The van der Waals surface area contributed by atoms with Crippen LogP contribution in [0.3, 0.4) is 0 Å². The first-order valence-corrected chi connectivity index (χ1v) is 22.9. The monoisotopic (exact) mass is 793 g/mol. The second kappa shape index (κ2) is 23.0. The van der Waals surface area contributed by atoms with Crippen LogP contribution in [0.25, 0.3) is 0 Å². The van der Waals surface area contributed by atoms with Crippen molar-refractivity contribution in [1.82, 2.24) is 0 Å². The maximum absolute atomic E-state index is 11.0. The Morgan fingerprint density at radius 1 is 0.684 bits per heavy atom. The van der Waals surface area contributed by atoms with Crippen LogP contribution >= 0.6 is 0 Å². The summed E-state index contributed by atoms with van der Waals surface area (Å²) in [7, 11) is 3.51. The topological polar surface area (TPSA) is 97.6 Å². The summed E-state index contributed by atoms with van der Waals surface area (Å²) < 4.78 is 23.5. The first-order valence-electron chi connectivity index (χ1n) is 22.9. The summed E-state index contributed by atoms with van der Waals surface area (Å²) in [5.74, 6) is 5.00. The van der Waals surface area contributed by atoms with Crippen molar-refractivity contribution < 1.29 is 34.3 Å². The second-order valence-electron chi connectivity index (χ2n) is 18.1. The highest BCUT2D eigenvalue weighted by Gasteiger charge is 2.46. The zero-order valence-electron chi connectivity index (χ0n) is 35.3. The Morgan fingerprint density at radius 3 is 1.74 bits per heavy atom. The number of unbranched alkanes of at least 4 members (excludes halogenated alkanes) is 4. The van der Waals surface area contributed by atoms with Crippen molar-refractivity contribution in [1.29, 1.82) is 0 Å². The molecule has 57 heavy (non-hydrogen) atoms. The van der Waals surface area contributed by atoms with Crippen molar-refractivity contribution >= 4 is 0 Å². The smallest absolute Gasteiger partial charge is 0.157 e. The molecule has 4 aliphatic carbocycles. The largest absolute Gasteiger partial charge is 0.496 e. The van der Waals surface area contributed by atoms with Gasteiger partial charge in [0.25, 0.3) is 0 Å². The summed E-state index contributed by atoms with van der Waals surface area (Å²) in [6, 6.07) is 12.8. The molecule has 0 spiro atoms. The lowest BCUT2D eigenvalue weighted by molar-refractivity contribution is -0.191. The highest BCUT2D eigenvalue weighted by Crippen LogP contribution is 2.50. The molecule has 0 amide bonds. The molecule has 5 aliphatic rings. The third kappa shape index (κ3) is 12.0. The van der Waals surface area contributed by atoms with Gasteiger partial charge in [0.1, 0.15) is 11.5 Å². The molecule has 0 bridgehead atoms. The summed E-state index contributed by atoms with van der Waals surface area (Å²) in [6.45, 7) is 5.28. The molecule has 2 aromatic carbocycles. The van der Waals surface area contributed by atoms with E-state index in [0.29, 0.717) is 35.5 Å². The van der Waals surface area contributed by atoms with E-state index in [2.05, 4.69) is 50.2 Å². The first-order chi connectivity index (χ1) is 27.3. The van der Waals surface area contributed by atoms with Crippen LogP contribution in [0, 0.1) is 35.5 Å². The minimum Gasteiger partial charge on any atom is -0.496 e. The lowest BCUT2D eigenvalue weighted by atomic mass is 9.73. The zero-order chi connectivity index (χ0) is 39.4. The summed E-state index contributed by atoms with van der Waals surface area (Å²) in [5.41, 5.74) is 5.53. The minimum atomic E-state index is -0.210. The van der Waals surface area contributed by atoms with Gasteiger partial charge in [-0.25, -0.2) is 0 Å². The summed E-state index contributed by atoms with van der Waals surface area (Å²) in [4.78, 5) is 0. The average molecular weight is 793 g/mol. The fourth-order valence-corrected chi connectivity index (χ4v) is 11.5. The van der Waals surface area contributed by atoms with Crippen LogP contribution in [0.5, 0.6) is 11.5 Å². The van der Waals surface area contributed by atoms with Gasteiger partial charge in [-0.05, 0) is 166 Å². The van der Waals surface area contributed by atoms with Gasteiger partial charge in [-0.2, -0.15) is 0 Å². The number of benzene rings is 2. The molecular formula is C50H80O7. The van der Waals surface area contributed by atoms with Crippen molar-refractivity contribution in [3.63, 3.8) is 0 Å². The minimum absolute atomic E-state index is 0. The number of aliphatic hydroxyl groups is 3. The van der Waals surface area contributed by atoms with E-state index in [1.54, 1.807) is 14.2 Å². The molecule has 1 heterocycles. The molecule has 2 saturated carbocycles. The summed E-state index contributed by atoms with van der Waals surface area (Å²) in [5, 5.41) is 31.9. The predicted molar refractivity (Wildman–Crippen MR) is 231 cm³/mol. The molecule has 1 unspecified atom stereocenters. The molecular weight excluding hydrogens is 713 g/mol. The molecule has 322 valence electrons. The lowest BCUT2D eigenvalue weighted by Gasteiger charge is -2.33. The van der Waals surface area contributed by atoms with E-state index in [1.165, 1.54) is 60.8 Å². The van der Waals surface area contributed by atoms with Gasteiger partial charge in [-0.3, -0.25) is 0 Å². The third-order valence-corrected chi connectivity index (χ3v) is 14.5. The number of fused-ring (bicyclic) bond motifs is 4. The number of hydrogen-bond acceptors (Lipinski definition) is 7. The van der Waals surface area contributed by atoms with Gasteiger partial charge < -0.3 is 34.3 Å². The van der Waals surface area contributed by atoms with Crippen LogP contribution in [0.15, 0.2) is 36.4 Å². The van der Waals surface area contributed by atoms with Crippen molar-refractivity contribution in [3.8, 4) is 11.5 Å². The predicted octanol–water partition coefficient (Wildman–Crippen LogP) is 10.4. The fraction of sp³-hybridized carbons (Fsp3) is 0.760. The Hall–Kier alpha value is -2.16. The van der Waals surface area contributed by atoms with Crippen LogP contribution < -0.4 is 9.47 Å². The number of ether oxygens (including phenoxy) is 4. The Kier molecular flexibility index (Phi) is 18.5. The third-order valence-electron chi connectivity index (χ3n) is 14.5. The first kappa shape index (κ1) is 45.9. The van der Waals surface area contributed by atoms with E-state index in [4.69, 9.17) is 18.9 Å². The molecule has 7 rings (SSSR count). The highest BCUT2D eigenvalue weighted by atomic mass is 16.7. The van der Waals surface area contributed by atoms with Crippen molar-refractivity contribution in [2.45, 2.75) is 187 Å². The van der Waals surface area contributed by atoms with E-state index < -0.39 is 0 Å². The van der Waals surface area contributed by atoms with Gasteiger partial charge in [-0.1, -0.05) is 84.1 Å². The number of hydrogen-bond donors (Lipinski definition) is 3. The van der Waals surface area contributed by atoms with Gasteiger partial charge >= 0.3 is 0 Å². The van der Waals surface area contributed by atoms with Gasteiger partial charge in [0.15, 0.2) is 6.29 Å². The van der Waals surface area contributed by atoms with Crippen LogP contribution in [0.1, 0.15) is 153 Å². The standard InChI is InChI=1S/C27H42O4.C22H34O3.CH4/c1-3-4-5-10-21(31-27-12-6-7-15-30-27)13-14-22-23-16-19-9-8-11-26(29-2)24(19)17-20(23)18-25(22)28;1-3-4-5-8-17(23)10-11-18-19-12-15-7-6-9-22(25-2)20(15)13-16(19)14-21(18)24;/h8-9,11,20-23,25,27-28H,3-7,10,12-18H2,1-2H3;6-7,9,16-19,21,23-24H,3-5,8,10-14H2,1-2H3;1H4/t20-,21-,22+,23-,25+,27?;16-,17-,18+,19-,21+;/m00./s1. The molecule has 1 aliphatic heterocycles. The average Bonchev–Trinajstić information content (AvgIpc) is 3.69. The quantitative estimate of drug-likeness (QED) is 0.129. The molecule has 2 aromatic rings. The summed E-state index contributed by atoms with van der Waals surface area (Å²) in [6.07, 6.45) is 22.2. The number of aliphatic hydroxyl groups excluding tert-OH is 3. The molecule has 1 saturated heterocycles. The van der Waals surface area contributed by atoms with E-state index >= 15 is 0 Å². The van der Waals surface area contributed by atoms with Gasteiger partial charge in [-0.15, -0.1) is 0 Å². The Labute approximate surface area is 346 Å². The van der Waals surface area contributed by atoms with E-state index in [0.717, 1.165) is 114 Å². The van der Waals surface area contributed by atoms with Gasteiger partial charge in [0.2, 0.25) is 0 Å². The Balaban J connectivity index is 0.000000219. The molecule has 7 heteroatoms. The molecule has 11 atom stereocenters. The summed E-state index contributed by atoms with van der Waals surface area (Å²) >= 11 is 0. The van der Waals surface area contributed by atoms with Crippen LogP contribution in [0.2, 0.25) is 0 Å². The van der Waals surface area contributed by atoms with E-state index in [9.17, 15) is 15.3 Å². The van der Waals surface area contributed by atoms with Crippen LogP contribution in [-0.2, 0) is 35.2 Å². The molecule has 0 radical (unpaired) electrons. The number of methoxy groups -OCH3 is 2. The molecule has 7 nitrogen and oxygen atoms in total. The highest BCUT2D eigenvalue weighted by molar-refractivity contribution is 5.44. The Bertz CT molecular complexity index is 1460. The van der Waals surface area contributed by atoms with Crippen LogP contribution in [0.4, 0.5) is 0 Å². The Morgan fingerprint density at radius 2 is 1.23 bits per heavy atom. The SMILES string of the molecule is C.CCCCC[C@@H](CC[C@@H]1[C@H]2Cc3cccc(OC)c3C[C@H]2C[C@H]1O)OC1CCCCO1.CCCCC[C@H](O)CC[C@@H]1[C@H]2Cc3cccc(OC)c3C[C@H]2C[C@H]1O. The normalized spacial score (nSPS) is 29.7. The molecule has 3 N–H and O–H groups in total. The van der Waals surface area contributed by atoms with Crippen molar-refractivity contribution in [2.24, 2.45) is 35.5 Å². The van der Waals surface area contributed by atoms with Crippen molar-refractivity contribution in [2.75, 3.05) is 20.8 Å². The fourth-order valence-electron chi connectivity index (χ4n) is 11.5. The van der Waals surface area contributed by atoms with E-state index in [-0.39, 0.29) is 38.1 Å². The second-order valence-corrected chi connectivity index (χ2v) is 18.1. The van der Waals surface area contributed by atoms with Gasteiger partial charge in [0, 0.05) is 6.61 Å². The molecule has 3 fully saturated rings. The van der Waals surface area contributed by atoms with Crippen LogP contribution in [-0.4, -0.2) is 66.9 Å². The van der Waals surface area contributed by atoms with Crippen molar-refractivity contribution in [3.05, 3.63) is 58.7 Å². The number of rotatable bonds is 18. The lowest BCUT2D eigenvalue weighted by Crippen LogP contribution is -2.30. The van der Waals surface area contributed by atoms with Gasteiger partial charge in [0.05, 0.1) is 38.6 Å². The maximum atomic E-state index is 11.0.